The van der Waals surface area contributed by atoms with Crippen molar-refractivity contribution in [2.24, 2.45) is 11.8 Å². The number of methoxy groups -OCH3 is 1. The zero-order valence-electron chi connectivity index (χ0n) is 11.3. The summed E-state index contributed by atoms with van der Waals surface area (Å²) >= 11 is 0. The van der Waals surface area contributed by atoms with Crippen LogP contribution >= 0.6 is 0 Å². The highest BCUT2D eigenvalue weighted by Gasteiger charge is 2.15. The first-order valence-corrected chi connectivity index (χ1v) is 6.34. The van der Waals surface area contributed by atoms with E-state index in [4.69, 9.17) is 4.74 Å². The topological polar surface area (TPSA) is 29.5 Å². The minimum absolute atomic E-state index is 0.259. The molecule has 2 nitrogen and oxygen atoms in total. The highest BCUT2D eigenvalue weighted by atomic mass is 16.5. The summed E-state index contributed by atoms with van der Waals surface area (Å²) in [4.78, 5) is 0. The van der Waals surface area contributed by atoms with Gasteiger partial charge >= 0.3 is 0 Å². The first-order valence-electron chi connectivity index (χ1n) is 6.34. The highest BCUT2D eigenvalue weighted by molar-refractivity contribution is 5.27. The van der Waals surface area contributed by atoms with Crippen LogP contribution in [-0.2, 0) is 6.42 Å². The lowest BCUT2D eigenvalue weighted by atomic mass is 9.90. The molecule has 0 bridgehead atoms. The van der Waals surface area contributed by atoms with Crippen LogP contribution in [0.2, 0.25) is 0 Å². The summed E-state index contributed by atoms with van der Waals surface area (Å²) in [5.41, 5.74) is 1.16. The van der Waals surface area contributed by atoms with E-state index >= 15 is 0 Å². The van der Waals surface area contributed by atoms with Gasteiger partial charge in [0.2, 0.25) is 0 Å². The van der Waals surface area contributed by atoms with E-state index in [-0.39, 0.29) is 6.10 Å². The maximum atomic E-state index is 10.1. The predicted octanol–water partition coefficient (Wildman–Crippen LogP) is 3.28. The third kappa shape index (κ3) is 4.78. The molecule has 2 unspecified atom stereocenters. The van der Waals surface area contributed by atoms with Crippen molar-refractivity contribution in [1.29, 1.82) is 0 Å². The zero-order chi connectivity index (χ0) is 12.8. The normalized spacial score (nSPS) is 14.7. The number of ether oxygens (including phenoxy) is 1. The maximum Gasteiger partial charge on any atom is 0.118 e. The molecular formula is C15H24O2. The lowest BCUT2D eigenvalue weighted by molar-refractivity contribution is 0.105. The van der Waals surface area contributed by atoms with E-state index in [2.05, 4.69) is 20.8 Å². The van der Waals surface area contributed by atoms with Crippen molar-refractivity contribution in [3.05, 3.63) is 29.8 Å². The van der Waals surface area contributed by atoms with E-state index in [1.807, 2.05) is 24.3 Å². The van der Waals surface area contributed by atoms with Gasteiger partial charge < -0.3 is 9.84 Å². The van der Waals surface area contributed by atoms with Gasteiger partial charge in [-0.2, -0.15) is 0 Å². The number of hydrogen-bond acceptors (Lipinski definition) is 2. The minimum Gasteiger partial charge on any atom is -0.497 e. The molecule has 1 N–H and O–H groups in total. The van der Waals surface area contributed by atoms with Crippen LogP contribution in [0, 0.1) is 11.8 Å². The number of aliphatic hydroxyl groups is 1. The Morgan fingerprint density at radius 3 is 2.18 bits per heavy atom. The SMILES string of the molecule is COc1ccc(CC(O)C(C)CC(C)C)cc1. The molecule has 1 rings (SSSR count). The van der Waals surface area contributed by atoms with Gasteiger partial charge in [-0.3, -0.25) is 0 Å². The smallest absolute Gasteiger partial charge is 0.118 e. The summed E-state index contributed by atoms with van der Waals surface area (Å²) in [6, 6.07) is 7.92. The molecule has 0 amide bonds. The van der Waals surface area contributed by atoms with Crippen LogP contribution in [-0.4, -0.2) is 18.3 Å². The zero-order valence-corrected chi connectivity index (χ0v) is 11.3. The second-order valence-corrected chi connectivity index (χ2v) is 5.23. The van der Waals surface area contributed by atoms with Crippen LogP contribution in [0.25, 0.3) is 0 Å². The fraction of sp³-hybridized carbons (Fsp3) is 0.600. The number of benzene rings is 1. The molecule has 0 saturated carbocycles. The summed E-state index contributed by atoms with van der Waals surface area (Å²) < 4.78 is 5.11. The van der Waals surface area contributed by atoms with Crippen LogP contribution in [0.1, 0.15) is 32.8 Å². The van der Waals surface area contributed by atoms with E-state index in [0.29, 0.717) is 11.8 Å². The molecule has 0 aliphatic rings. The van der Waals surface area contributed by atoms with Crippen LogP contribution in [0.3, 0.4) is 0 Å². The minimum atomic E-state index is -0.259. The van der Waals surface area contributed by atoms with E-state index in [0.717, 1.165) is 24.2 Å². The molecule has 96 valence electrons. The van der Waals surface area contributed by atoms with Gasteiger partial charge in [-0.15, -0.1) is 0 Å². The first kappa shape index (κ1) is 14.0. The molecule has 0 fully saturated rings. The molecule has 0 heterocycles. The second-order valence-electron chi connectivity index (χ2n) is 5.23. The Morgan fingerprint density at radius 2 is 1.71 bits per heavy atom. The Kier molecular flexibility index (Phi) is 5.49. The molecular weight excluding hydrogens is 212 g/mol. The van der Waals surface area contributed by atoms with Crippen molar-refractivity contribution in [3.8, 4) is 5.75 Å². The maximum absolute atomic E-state index is 10.1. The van der Waals surface area contributed by atoms with Gasteiger partial charge in [-0.05, 0) is 42.4 Å². The molecule has 2 heteroatoms. The molecule has 0 radical (unpaired) electrons. The fourth-order valence-electron chi connectivity index (χ4n) is 2.10. The molecule has 0 aliphatic heterocycles. The molecule has 0 spiro atoms. The van der Waals surface area contributed by atoms with Crippen molar-refractivity contribution >= 4 is 0 Å². The van der Waals surface area contributed by atoms with E-state index < -0.39 is 0 Å². The van der Waals surface area contributed by atoms with Crippen molar-refractivity contribution in [2.75, 3.05) is 7.11 Å². The summed E-state index contributed by atoms with van der Waals surface area (Å²) in [6.45, 7) is 6.50. The quantitative estimate of drug-likeness (QED) is 0.821. The lowest BCUT2D eigenvalue weighted by Crippen LogP contribution is -2.21. The van der Waals surface area contributed by atoms with E-state index in [1.54, 1.807) is 7.11 Å². The summed E-state index contributed by atoms with van der Waals surface area (Å²) in [5, 5.41) is 10.1. The summed E-state index contributed by atoms with van der Waals surface area (Å²) in [5.74, 6) is 1.84. The van der Waals surface area contributed by atoms with Crippen LogP contribution in [0.4, 0.5) is 0 Å². The van der Waals surface area contributed by atoms with Gasteiger partial charge in [0.1, 0.15) is 5.75 Å². The van der Waals surface area contributed by atoms with Crippen molar-refractivity contribution < 1.29 is 9.84 Å². The van der Waals surface area contributed by atoms with Gasteiger partial charge in [0.15, 0.2) is 0 Å². The first-order chi connectivity index (χ1) is 8.02. The molecule has 1 aromatic carbocycles. The average molecular weight is 236 g/mol. The summed E-state index contributed by atoms with van der Waals surface area (Å²) in [7, 11) is 1.66. The number of rotatable bonds is 6. The van der Waals surface area contributed by atoms with Gasteiger partial charge in [-0.25, -0.2) is 0 Å². The van der Waals surface area contributed by atoms with Crippen LogP contribution < -0.4 is 4.74 Å². The monoisotopic (exact) mass is 236 g/mol. The van der Waals surface area contributed by atoms with Gasteiger partial charge in [0, 0.05) is 0 Å². The van der Waals surface area contributed by atoms with E-state index in [9.17, 15) is 5.11 Å². The third-order valence-corrected chi connectivity index (χ3v) is 3.10. The molecule has 1 aromatic rings. The Hall–Kier alpha value is -1.02. The number of aliphatic hydroxyl groups excluding tert-OH is 1. The third-order valence-electron chi connectivity index (χ3n) is 3.10. The molecule has 0 aromatic heterocycles. The summed E-state index contributed by atoms with van der Waals surface area (Å²) in [6.07, 6.45) is 1.53. The molecule has 17 heavy (non-hydrogen) atoms. The van der Waals surface area contributed by atoms with Crippen molar-refractivity contribution in [3.63, 3.8) is 0 Å². The average Bonchev–Trinajstić information content (AvgIpc) is 2.29. The largest absolute Gasteiger partial charge is 0.497 e. The van der Waals surface area contributed by atoms with Crippen molar-refractivity contribution in [1.82, 2.24) is 0 Å². The van der Waals surface area contributed by atoms with Gasteiger partial charge in [0.05, 0.1) is 13.2 Å². The molecule has 2 atom stereocenters. The molecule has 0 aliphatic carbocycles. The second kappa shape index (κ2) is 6.65. The Labute approximate surface area is 105 Å². The van der Waals surface area contributed by atoms with Crippen LogP contribution in [0.15, 0.2) is 24.3 Å². The molecule has 0 saturated heterocycles. The van der Waals surface area contributed by atoms with E-state index in [1.165, 1.54) is 0 Å². The number of hydrogen-bond donors (Lipinski definition) is 1. The van der Waals surface area contributed by atoms with Crippen molar-refractivity contribution in [2.45, 2.75) is 39.7 Å². The predicted molar refractivity (Wildman–Crippen MR) is 71.3 cm³/mol. The fourth-order valence-corrected chi connectivity index (χ4v) is 2.10. The highest BCUT2D eigenvalue weighted by Crippen LogP contribution is 2.19. The van der Waals surface area contributed by atoms with Crippen LogP contribution in [0.5, 0.6) is 5.75 Å². The Morgan fingerprint density at radius 1 is 1.12 bits per heavy atom. The lowest BCUT2D eigenvalue weighted by Gasteiger charge is -2.20. The van der Waals surface area contributed by atoms with Gasteiger partial charge in [-0.1, -0.05) is 32.9 Å². The standard InChI is InChI=1S/C15H24O2/c1-11(2)9-12(3)15(16)10-13-5-7-14(17-4)8-6-13/h5-8,11-12,15-16H,9-10H2,1-4H3. The Balaban J connectivity index is 2.51. The Bertz CT molecular complexity index is 316. The van der Waals surface area contributed by atoms with Gasteiger partial charge in [0.25, 0.3) is 0 Å².